The summed E-state index contributed by atoms with van der Waals surface area (Å²) < 4.78 is 1.95. The van der Waals surface area contributed by atoms with Gasteiger partial charge in [-0.3, -0.25) is 0 Å². The van der Waals surface area contributed by atoms with Gasteiger partial charge in [0.15, 0.2) is 0 Å². The number of aliphatic hydroxyl groups excluding tert-OH is 1. The molecule has 0 bridgehead atoms. The normalized spacial score (nSPS) is 10.5. The van der Waals surface area contributed by atoms with E-state index in [2.05, 4.69) is 30.1 Å². The van der Waals surface area contributed by atoms with Crippen molar-refractivity contribution in [2.24, 2.45) is 0 Å². The van der Waals surface area contributed by atoms with Crippen LogP contribution in [0.2, 0.25) is 0 Å². The van der Waals surface area contributed by atoms with Gasteiger partial charge < -0.3 is 9.67 Å². The molecule has 78 valence electrons. The lowest BCUT2D eigenvalue weighted by Gasteiger charge is -2.06. The van der Waals surface area contributed by atoms with E-state index in [9.17, 15) is 0 Å². The van der Waals surface area contributed by atoms with Crippen LogP contribution in [0, 0.1) is 6.92 Å². The highest BCUT2D eigenvalue weighted by molar-refractivity contribution is 5.22. The zero-order valence-electron chi connectivity index (χ0n) is 8.72. The smallest absolute Gasteiger partial charge is 0.134 e. The summed E-state index contributed by atoms with van der Waals surface area (Å²) in [6.45, 7) is 2.82. The maximum atomic E-state index is 9.06. The number of hydrogen-bond donors (Lipinski definition) is 1. The zero-order valence-corrected chi connectivity index (χ0v) is 8.72. The molecule has 0 saturated carbocycles. The molecule has 3 heteroatoms. The van der Waals surface area contributed by atoms with Gasteiger partial charge in [-0.05, 0) is 12.5 Å². The van der Waals surface area contributed by atoms with Gasteiger partial charge in [0.1, 0.15) is 12.4 Å². The Labute approximate surface area is 89.0 Å². The van der Waals surface area contributed by atoms with Crippen molar-refractivity contribution in [3.63, 3.8) is 0 Å². The summed E-state index contributed by atoms with van der Waals surface area (Å²) in [5.41, 5.74) is 2.47. The molecule has 2 rings (SSSR count). The van der Waals surface area contributed by atoms with Crippen molar-refractivity contribution < 1.29 is 5.11 Å². The Kier molecular flexibility index (Phi) is 2.83. The second-order valence-corrected chi connectivity index (χ2v) is 3.62. The minimum absolute atomic E-state index is 0.0151. The summed E-state index contributed by atoms with van der Waals surface area (Å²) in [5.74, 6) is 0.705. The maximum absolute atomic E-state index is 9.06. The molecular formula is C12H14N2O. The van der Waals surface area contributed by atoms with Crippen molar-refractivity contribution in [3.8, 4) is 0 Å². The van der Waals surface area contributed by atoms with Crippen LogP contribution in [-0.4, -0.2) is 14.7 Å². The Morgan fingerprint density at radius 1 is 1.40 bits per heavy atom. The first kappa shape index (κ1) is 9.93. The van der Waals surface area contributed by atoms with Gasteiger partial charge in [-0.2, -0.15) is 0 Å². The highest BCUT2D eigenvalue weighted by Gasteiger charge is 2.01. The first-order chi connectivity index (χ1) is 7.29. The molecule has 0 aliphatic rings. The summed E-state index contributed by atoms with van der Waals surface area (Å²) >= 11 is 0. The fraction of sp³-hybridized carbons (Fsp3) is 0.250. The van der Waals surface area contributed by atoms with Crippen LogP contribution in [0.1, 0.15) is 17.0 Å². The van der Waals surface area contributed by atoms with Crippen LogP contribution in [-0.2, 0) is 13.2 Å². The van der Waals surface area contributed by atoms with Gasteiger partial charge in [-0.1, -0.05) is 29.8 Å². The number of hydrogen-bond acceptors (Lipinski definition) is 2. The predicted octanol–water partition coefficient (Wildman–Crippen LogP) is 1.73. The van der Waals surface area contributed by atoms with Crippen LogP contribution in [0.15, 0.2) is 36.7 Å². The number of aromatic nitrogens is 2. The molecule has 0 spiro atoms. The third kappa shape index (κ3) is 2.25. The lowest BCUT2D eigenvalue weighted by atomic mass is 10.1. The lowest BCUT2D eigenvalue weighted by molar-refractivity contribution is 0.266. The SMILES string of the molecule is Cc1cccc(Cn2ccnc2CO)c1. The second kappa shape index (κ2) is 4.28. The Morgan fingerprint density at radius 2 is 2.27 bits per heavy atom. The number of aryl methyl sites for hydroxylation is 1. The molecule has 0 radical (unpaired) electrons. The van der Waals surface area contributed by atoms with Crippen molar-refractivity contribution >= 4 is 0 Å². The van der Waals surface area contributed by atoms with E-state index in [0.29, 0.717) is 5.82 Å². The summed E-state index contributed by atoms with van der Waals surface area (Å²) in [6, 6.07) is 8.33. The molecule has 1 aromatic carbocycles. The minimum Gasteiger partial charge on any atom is -0.388 e. The van der Waals surface area contributed by atoms with E-state index in [-0.39, 0.29) is 6.61 Å². The summed E-state index contributed by atoms with van der Waals surface area (Å²) in [5, 5.41) is 9.06. The molecule has 2 aromatic rings. The molecule has 1 aromatic heterocycles. The van der Waals surface area contributed by atoms with E-state index < -0.39 is 0 Å². The molecule has 0 aliphatic carbocycles. The molecule has 1 heterocycles. The molecule has 0 aliphatic heterocycles. The number of aliphatic hydroxyl groups is 1. The summed E-state index contributed by atoms with van der Waals surface area (Å²) in [4.78, 5) is 4.07. The van der Waals surface area contributed by atoms with Crippen molar-refractivity contribution in [2.45, 2.75) is 20.1 Å². The average molecular weight is 202 g/mol. The first-order valence-electron chi connectivity index (χ1n) is 4.96. The third-order valence-corrected chi connectivity index (χ3v) is 2.38. The predicted molar refractivity (Wildman–Crippen MR) is 58.4 cm³/mol. The molecule has 0 saturated heterocycles. The fourth-order valence-corrected chi connectivity index (χ4v) is 1.64. The van der Waals surface area contributed by atoms with Crippen molar-refractivity contribution in [2.75, 3.05) is 0 Å². The number of nitrogens with zero attached hydrogens (tertiary/aromatic N) is 2. The molecule has 1 N–H and O–H groups in total. The van der Waals surface area contributed by atoms with Crippen LogP contribution in [0.5, 0.6) is 0 Å². The number of rotatable bonds is 3. The summed E-state index contributed by atoms with van der Waals surface area (Å²) in [7, 11) is 0. The van der Waals surface area contributed by atoms with Crippen LogP contribution in [0.4, 0.5) is 0 Å². The molecule has 0 amide bonds. The van der Waals surface area contributed by atoms with Crippen LogP contribution in [0.25, 0.3) is 0 Å². The standard InChI is InChI=1S/C12H14N2O/c1-10-3-2-4-11(7-10)8-14-6-5-13-12(14)9-15/h2-7,15H,8-9H2,1H3. The lowest BCUT2D eigenvalue weighted by Crippen LogP contribution is -2.04. The van der Waals surface area contributed by atoms with Crippen LogP contribution < -0.4 is 0 Å². The van der Waals surface area contributed by atoms with E-state index in [4.69, 9.17) is 5.11 Å². The van der Waals surface area contributed by atoms with E-state index in [1.165, 1.54) is 11.1 Å². The molecular weight excluding hydrogens is 188 g/mol. The molecule has 15 heavy (non-hydrogen) atoms. The molecule has 0 unspecified atom stereocenters. The average Bonchev–Trinajstić information content (AvgIpc) is 2.65. The summed E-state index contributed by atoms with van der Waals surface area (Å²) in [6.07, 6.45) is 3.59. The van der Waals surface area contributed by atoms with Gasteiger partial charge in [0, 0.05) is 18.9 Å². The van der Waals surface area contributed by atoms with Crippen LogP contribution in [0.3, 0.4) is 0 Å². The van der Waals surface area contributed by atoms with Crippen LogP contribution >= 0.6 is 0 Å². The number of benzene rings is 1. The monoisotopic (exact) mass is 202 g/mol. The Bertz CT molecular complexity index is 448. The zero-order chi connectivity index (χ0) is 10.7. The van der Waals surface area contributed by atoms with E-state index >= 15 is 0 Å². The highest BCUT2D eigenvalue weighted by atomic mass is 16.3. The van der Waals surface area contributed by atoms with E-state index in [0.717, 1.165) is 6.54 Å². The Balaban J connectivity index is 2.22. The first-order valence-corrected chi connectivity index (χ1v) is 4.96. The van der Waals surface area contributed by atoms with Gasteiger partial charge in [-0.15, -0.1) is 0 Å². The topological polar surface area (TPSA) is 38.0 Å². The van der Waals surface area contributed by atoms with Crippen molar-refractivity contribution in [1.82, 2.24) is 9.55 Å². The number of imidazole rings is 1. The van der Waals surface area contributed by atoms with Crippen molar-refractivity contribution in [1.29, 1.82) is 0 Å². The van der Waals surface area contributed by atoms with Gasteiger partial charge in [-0.25, -0.2) is 4.98 Å². The van der Waals surface area contributed by atoms with Gasteiger partial charge in [0.2, 0.25) is 0 Å². The van der Waals surface area contributed by atoms with Gasteiger partial charge in [0.05, 0.1) is 0 Å². The highest BCUT2D eigenvalue weighted by Crippen LogP contribution is 2.08. The fourth-order valence-electron chi connectivity index (χ4n) is 1.64. The maximum Gasteiger partial charge on any atom is 0.134 e. The molecule has 3 nitrogen and oxygen atoms in total. The van der Waals surface area contributed by atoms with Gasteiger partial charge in [0.25, 0.3) is 0 Å². The quantitative estimate of drug-likeness (QED) is 0.823. The van der Waals surface area contributed by atoms with E-state index in [1.54, 1.807) is 6.20 Å². The Morgan fingerprint density at radius 3 is 3.00 bits per heavy atom. The second-order valence-electron chi connectivity index (χ2n) is 3.62. The molecule has 0 fully saturated rings. The minimum atomic E-state index is -0.0151. The van der Waals surface area contributed by atoms with Crippen molar-refractivity contribution in [3.05, 3.63) is 53.6 Å². The Hall–Kier alpha value is -1.61. The molecule has 0 atom stereocenters. The van der Waals surface area contributed by atoms with E-state index in [1.807, 2.05) is 16.8 Å². The third-order valence-electron chi connectivity index (χ3n) is 2.38. The van der Waals surface area contributed by atoms with Gasteiger partial charge >= 0.3 is 0 Å². The largest absolute Gasteiger partial charge is 0.388 e.